The zero-order chi connectivity index (χ0) is 22.6. The molecule has 4 aromatic rings. The van der Waals surface area contributed by atoms with E-state index in [9.17, 15) is 14.2 Å². The summed E-state index contributed by atoms with van der Waals surface area (Å²) >= 11 is 1.34. The zero-order valence-electron chi connectivity index (χ0n) is 17.5. The molecule has 4 nitrogen and oxygen atoms in total. The molecule has 0 atom stereocenters. The van der Waals surface area contributed by atoms with Crippen LogP contribution in [0.4, 0.5) is 0 Å². The van der Waals surface area contributed by atoms with Crippen LogP contribution in [0.2, 0.25) is 0 Å². The van der Waals surface area contributed by atoms with Crippen molar-refractivity contribution >= 4 is 40.8 Å². The van der Waals surface area contributed by atoms with Gasteiger partial charge in [0.2, 0.25) is 5.78 Å². The quantitative estimate of drug-likeness (QED) is 0.288. The summed E-state index contributed by atoms with van der Waals surface area (Å²) in [5, 5.41) is 3.21. The summed E-state index contributed by atoms with van der Waals surface area (Å²) in [4.78, 5) is 28.4. The molecule has 0 aliphatic carbocycles. The minimum absolute atomic E-state index is 0.0292. The number of benzene rings is 3. The lowest BCUT2D eigenvalue weighted by Crippen LogP contribution is -2.33. The first-order valence-corrected chi connectivity index (χ1v) is 12.9. The first-order valence-electron chi connectivity index (χ1n) is 10.1. The minimum atomic E-state index is -3.12. The van der Waals surface area contributed by atoms with Crippen LogP contribution in [0, 0.1) is 0 Å². The summed E-state index contributed by atoms with van der Waals surface area (Å²) < 4.78 is 14.3. The Morgan fingerprint density at radius 2 is 1.28 bits per heavy atom. The second kappa shape index (κ2) is 9.47. The number of rotatable bonds is 7. The molecule has 160 valence electrons. The topological polar surface area (TPSA) is 54.5 Å². The van der Waals surface area contributed by atoms with Crippen molar-refractivity contribution in [3.8, 4) is 0 Å². The van der Waals surface area contributed by atoms with Gasteiger partial charge in [0.25, 0.3) is 5.91 Å². The Balaban J connectivity index is 1.69. The fraction of sp³-hybridized carbons (Fsp3) is 0.0769. The van der Waals surface area contributed by atoms with Gasteiger partial charge in [-0.2, -0.15) is 0 Å². The molecule has 0 bridgehead atoms. The standard InChI is InChI=1S/C26H22NO3PS/c1-27(19-31(30,20-11-4-2-5-12-20)21-13-6-3-7-14-21)26(29)23-16-9-8-15-22(23)25(28)24-17-10-18-32-24/h2-18H,19H2,1H3. The second-order valence-corrected chi connectivity index (χ2v) is 11.2. The van der Waals surface area contributed by atoms with Gasteiger partial charge in [0, 0.05) is 23.2 Å². The Bertz CT molecular complexity index is 1230. The van der Waals surface area contributed by atoms with Crippen LogP contribution in [0.15, 0.2) is 102 Å². The lowest BCUT2D eigenvalue weighted by atomic mass is 10.0. The number of hydrogen-bond donors (Lipinski definition) is 0. The first kappa shape index (κ1) is 21.9. The maximum atomic E-state index is 14.3. The molecule has 1 aromatic heterocycles. The molecule has 0 saturated heterocycles. The van der Waals surface area contributed by atoms with Crippen LogP contribution in [0.3, 0.4) is 0 Å². The van der Waals surface area contributed by atoms with Crippen molar-refractivity contribution in [2.45, 2.75) is 0 Å². The highest BCUT2D eigenvalue weighted by molar-refractivity contribution is 7.78. The molecule has 0 saturated carbocycles. The maximum Gasteiger partial charge on any atom is 0.254 e. The second-order valence-electron chi connectivity index (χ2n) is 7.41. The molecule has 3 aromatic carbocycles. The Morgan fingerprint density at radius 1 is 0.750 bits per heavy atom. The van der Waals surface area contributed by atoms with Gasteiger partial charge >= 0.3 is 0 Å². The molecule has 6 heteroatoms. The normalized spacial score (nSPS) is 11.2. The van der Waals surface area contributed by atoms with Crippen molar-refractivity contribution in [1.82, 2.24) is 4.90 Å². The fourth-order valence-corrected chi connectivity index (χ4v) is 6.96. The van der Waals surface area contributed by atoms with Crippen LogP contribution in [0.1, 0.15) is 25.6 Å². The smallest absolute Gasteiger partial charge is 0.254 e. The zero-order valence-corrected chi connectivity index (χ0v) is 19.3. The molecule has 1 heterocycles. The number of hydrogen-bond acceptors (Lipinski definition) is 4. The Kier molecular flexibility index (Phi) is 6.50. The molecule has 0 aliphatic heterocycles. The minimum Gasteiger partial charge on any atom is -0.334 e. The van der Waals surface area contributed by atoms with Crippen molar-refractivity contribution in [1.29, 1.82) is 0 Å². The lowest BCUT2D eigenvalue weighted by Gasteiger charge is -2.26. The number of carbonyl (C=O) groups is 2. The molecule has 0 aliphatic rings. The van der Waals surface area contributed by atoms with E-state index in [4.69, 9.17) is 0 Å². The van der Waals surface area contributed by atoms with Crippen LogP contribution in [-0.2, 0) is 4.57 Å². The van der Waals surface area contributed by atoms with Crippen LogP contribution in [0.25, 0.3) is 0 Å². The molecule has 0 N–H and O–H groups in total. The van der Waals surface area contributed by atoms with E-state index in [1.165, 1.54) is 16.2 Å². The summed E-state index contributed by atoms with van der Waals surface area (Å²) in [6.07, 6.45) is 0.0292. The highest BCUT2D eigenvalue weighted by Crippen LogP contribution is 2.43. The van der Waals surface area contributed by atoms with Gasteiger partial charge in [0.15, 0.2) is 7.14 Å². The van der Waals surface area contributed by atoms with Crippen LogP contribution < -0.4 is 10.6 Å². The van der Waals surface area contributed by atoms with Gasteiger partial charge in [-0.05, 0) is 17.5 Å². The SMILES string of the molecule is CN(CP(=O)(c1ccccc1)c1ccccc1)C(=O)c1ccccc1C(=O)c1cccs1. The largest absolute Gasteiger partial charge is 0.334 e. The van der Waals surface area contributed by atoms with E-state index in [1.807, 2.05) is 72.1 Å². The van der Waals surface area contributed by atoms with Gasteiger partial charge in [0.1, 0.15) is 0 Å². The monoisotopic (exact) mass is 459 g/mol. The third-order valence-corrected chi connectivity index (χ3v) is 9.21. The Morgan fingerprint density at radius 3 is 1.81 bits per heavy atom. The van der Waals surface area contributed by atoms with Crippen molar-refractivity contribution in [3.63, 3.8) is 0 Å². The molecule has 0 spiro atoms. The van der Waals surface area contributed by atoms with Gasteiger partial charge in [-0.1, -0.05) is 84.9 Å². The summed E-state index contributed by atoms with van der Waals surface area (Å²) in [5.74, 6) is -0.524. The Hall–Kier alpha value is -3.27. The van der Waals surface area contributed by atoms with Gasteiger partial charge in [-0.15, -0.1) is 11.3 Å². The molecule has 0 fully saturated rings. The summed E-state index contributed by atoms with van der Waals surface area (Å²) in [6, 6.07) is 28.8. The molecule has 0 unspecified atom stereocenters. The van der Waals surface area contributed by atoms with Gasteiger partial charge in [-0.25, -0.2) is 0 Å². The van der Waals surface area contributed by atoms with Crippen molar-refractivity contribution < 1.29 is 14.2 Å². The van der Waals surface area contributed by atoms with E-state index in [0.717, 1.165) is 0 Å². The lowest BCUT2D eigenvalue weighted by molar-refractivity contribution is 0.0812. The summed E-state index contributed by atoms with van der Waals surface area (Å²) in [6.45, 7) is 0. The summed E-state index contributed by atoms with van der Waals surface area (Å²) in [5.41, 5.74) is 0.655. The molecule has 32 heavy (non-hydrogen) atoms. The van der Waals surface area contributed by atoms with Crippen LogP contribution >= 0.6 is 18.5 Å². The van der Waals surface area contributed by atoms with Gasteiger partial charge < -0.3 is 9.46 Å². The number of carbonyl (C=O) groups excluding carboxylic acids is 2. The van der Waals surface area contributed by atoms with E-state index < -0.39 is 7.14 Å². The number of nitrogens with zero attached hydrogens (tertiary/aromatic N) is 1. The fourth-order valence-electron chi connectivity index (χ4n) is 3.63. The Labute approximate surface area is 191 Å². The van der Waals surface area contributed by atoms with Crippen LogP contribution in [-0.4, -0.2) is 29.9 Å². The van der Waals surface area contributed by atoms with E-state index in [1.54, 1.807) is 37.4 Å². The molecule has 4 rings (SSSR count). The molecular formula is C26H22NO3PS. The number of ketones is 1. The molecule has 0 radical (unpaired) electrons. The average Bonchev–Trinajstić information content (AvgIpc) is 3.39. The average molecular weight is 460 g/mol. The number of amides is 1. The molecular weight excluding hydrogens is 437 g/mol. The van der Waals surface area contributed by atoms with Crippen LogP contribution in [0.5, 0.6) is 0 Å². The first-order chi connectivity index (χ1) is 15.5. The predicted molar refractivity (Wildman–Crippen MR) is 131 cm³/mol. The number of thiophene rings is 1. The highest BCUT2D eigenvalue weighted by Gasteiger charge is 2.31. The third-order valence-electron chi connectivity index (χ3n) is 5.25. The van der Waals surface area contributed by atoms with E-state index >= 15 is 0 Å². The maximum absolute atomic E-state index is 14.3. The van der Waals surface area contributed by atoms with Crippen molar-refractivity contribution in [3.05, 3.63) is 118 Å². The van der Waals surface area contributed by atoms with E-state index in [2.05, 4.69) is 0 Å². The van der Waals surface area contributed by atoms with E-state index in [0.29, 0.717) is 26.6 Å². The summed E-state index contributed by atoms with van der Waals surface area (Å²) in [7, 11) is -1.49. The van der Waals surface area contributed by atoms with Gasteiger partial charge in [-0.3, -0.25) is 9.59 Å². The van der Waals surface area contributed by atoms with Crippen molar-refractivity contribution in [2.75, 3.05) is 13.3 Å². The van der Waals surface area contributed by atoms with E-state index in [-0.39, 0.29) is 18.0 Å². The van der Waals surface area contributed by atoms with Crippen molar-refractivity contribution in [2.24, 2.45) is 0 Å². The predicted octanol–water partition coefficient (Wildman–Crippen LogP) is 5.02. The van der Waals surface area contributed by atoms with Gasteiger partial charge in [0.05, 0.1) is 16.7 Å². The highest BCUT2D eigenvalue weighted by atomic mass is 32.1. The molecule has 1 amide bonds. The third kappa shape index (κ3) is 4.36.